The Labute approximate surface area is 114 Å². The molecule has 1 fully saturated rings. The molecule has 0 aromatic rings. The Morgan fingerprint density at radius 3 is 2.58 bits per heavy atom. The lowest BCUT2D eigenvalue weighted by Crippen LogP contribution is -2.38. The third kappa shape index (κ3) is 5.19. The van der Waals surface area contributed by atoms with Crippen molar-refractivity contribution < 1.29 is 19.4 Å². The average Bonchev–Trinajstić information content (AvgIpc) is 2.37. The number of aliphatic carboxylic acids is 1. The van der Waals surface area contributed by atoms with Gasteiger partial charge in [0.2, 0.25) is 5.91 Å². The molecule has 1 aliphatic carbocycles. The molecule has 0 saturated heterocycles. The number of hydrogen-bond acceptors (Lipinski definition) is 3. The largest absolute Gasteiger partial charge is 0.481 e. The van der Waals surface area contributed by atoms with Crippen molar-refractivity contribution in [3.8, 4) is 0 Å². The maximum Gasteiger partial charge on any atom is 0.308 e. The summed E-state index contributed by atoms with van der Waals surface area (Å²) in [6.45, 7) is 4.02. The maximum absolute atomic E-state index is 11.9. The van der Waals surface area contributed by atoms with E-state index in [9.17, 15) is 9.59 Å². The molecule has 0 bridgehead atoms. The molecular formula is C14H25NO4. The Morgan fingerprint density at radius 1 is 1.37 bits per heavy atom. The SMILES string of the molecule is CC(CN(C)C(=O)COC1CCCCC1C)C(=O)O. The zero-order valence-electron chi connectivity index (χ0n) is 12.1. The van der Waals surface area contributed by atoms with Gasteiger partial charge in [-0.3, -0.25) is 9.59 Å². The van der Waals surface area contributed by atoms with E-state index in [1.54, 1.807) is 14.0 Å². The molecule has 5 nitrogen and oxygen atoms in total. The fourth-order valence-corrected chi connectivity index (χ4v) is 2.41. The second kappa shape index (κ2) is 7.48. The first-order chi connectivity index (χ1) is 8.91. The number of hydrogen-bond donors (Lipinski definition) is 1. The van der Waals surface area contributed by atoms with Gasteiger partial charge >= 0.3 is 5.97 Å². The van der Waals surface area contributed by atoms with E-state index in [1.165, 1.54) is 11.3 Å². The Morgan fingerprint density at radius 2 is 2.00 bits per heavy atom. The molecule has 0 radical (unpaired) electrons. The van der Waals surface area contributed by atoms with Gasteiger partial charge in [-0.15, -0.1) is 0 Å². The van der Waals surface area contributed by atoms with E-state index in [0.717, 1.165) is 19.3 Å². The number of ether oxygens (including phenoxy) is 1. The highest BCUT2D eigenvalue weighted by atomic mass is 16.5. The van der Waals surface area contributed by atoms with Crippen molar-refractivity contribution >= 4 is 11.9 Å². The van der Waals surface area contributed by atoms with Crippen molar-refractivity contribution in [2.24, 2.45) is 11.8 Å². The van der Waals surface area contributed by atoms with Crippen molar-refractivity contribution in [1.82, 2.24) is 4.90 Å². The Bertz CT molecular complexity index is 319. The minimum Gasteiger partial charge on any atom is -0.481 e. The van der Waals surface area contributed by atoms with E-state index < -0.39 is 11.9 Å². The normalized spacial score (nSPS) is 24.8. The first kappa shape index (κ1) is 16.0. The summed E-state index contributed by atoms with van der Waals surface area (Å²) in [5, 5.41) is 8.81. The van der Waals surface area contributed by atoms with Gasteiger partial charge in [-0.05, 0) is 18.8 Å². The van der Waals surface area contributed by atoms with Gasteiger partial charge in [0.15, 0.2) is 0 Å². The maximum atomic E-state index is 11.9. The minimum absolute atomic E-state index is 0.0534. The highest BCUT2D eigenvalue weighted by molar-refractivity contribution is 5.78. The summed E-state index contributed by atoms with van der Waals surface area (Å²) in [5.74, 6) is -1.08. The highest BCUT2D eigenvalue weighted by Crippen LogP contribution is 2.26. The van der Waals surface area contributed by atoms with Gasteiger partial charge in [0.25, 0.3) is 0 Å². The standard InChI is InChI=1S/C14H25NO4/c1-10-6-4-5-7-12(10)19-9-13(16)15(3)8-11(2)14(17)18/h10-12H,4-9H2,1-3H3,(H,17,18). The van der Waals surface area contributed by atoms with Gasteiger partial charge in [0.05, 0.1) is 12.0 Å². The predicted molar refractivity (Wildman–Crippen MR) is 71.8 cm³/mol. The number of carboxylic acid groups (broad SMARTS) is 1. The van der Waals surface area contributed by atoms with E-state index in [1.807, 2.05) is 0 Å². The van der Waals surface area contributed by atoms with E-state index in [0.29, 0.717) is 5.92 Å². The second-order valence-corrected chi connectivity index (χ2v) is 5.62. The lowest BCUT2D eigenvalue weighted by Gasteiger charge is -2.29. The molecular weight excluding hydrogens is 246 g/mol. The molecule has 0 spiro atoms. The Balaban J connectivity index is 2.31. The molecule has 5 heteroatoms. The van der Waals surface area contributed by atoms with Crippen LogP contribution < -0.4 is 0 Å². The van der Waals surface area contributed by atoms with Gasteiger partial charge < -0.3 is 14.7 Å². The predicted octanol–water partition coefficient (Wildman–Crippen LogP) is 1.76. The minimum atomic E-state index is -0.888. The van der Waals surface area contributed by atoms with E-state index in [2.05, 4.69) is 6.92 Å². The lowest BCUT2D eigenvalue weighted by molar-refractivity contribution is -0.144. The first-order valence-electron chi connectivity index (χ1n) is 7.00. The first-order valence-corrected chi connectivity index (χ1v) is 7.00. The van der Waals surface area contributed by atoms with Crippen LogP contribution in [0.4, 0.5) is 0 Å². The summed E-state index contributed by atoms with van der Waals surface area (Å²) in [7, 11) is 1.62. The van der Waals surface area contributed by atoms with Gasteiger partial charge in [0.1, 0.15) is 6.61 Å². The van der Waals surface area contributed by atoms with Gasteiger partial charge in [-0.2, -0.15) is 0 Å². The number of rotatable bonds is 6. The summed E-state index contributed by atoms with van der Waals surface area (Å²) >= 11 is 0. The van der Waals surface area contributed by atoms with E-state index in [-0.39, 0.29) is 25.2 Å². The van der Waals surface area contributed by atoms with Crippen LogP contribution in [-0.4, -0.2) is 48.2 Å². The van der Waals surface area contributed by atoms with E-state index in [4.69, 9.17) is 9.84 Å². The van der Waals surface area contributed by atoms with Crippen LogP contribution >= 0.6 is 0 Å². The molecule has 19 heavy (non-hydrogen) atoms. The molecule has 0 aromatic heterocycles. The number of likely N-dealkylation sites (N-methyl/N-ethyl adjacent to an activating group) is 1. The fraction of sp³-hybridized carbons (Fsp3) is 0.857. The number of carbonyl (C=O) groups is 2. The van der Waals surface area contributed by atoms with Crippen LogP contribution in [0.3, 0.4) is 0 Å². The molecule has 0 aromatic carbocycles. The zero-order chi connectivity index (χ0) is 14.4. The summed E-state index contributed by atoms with van der Waals surface area (Å²) in [6.07, 6.45) is 4.75. The Hall–Kier alpha value is -1.10. The summed E-state index contributed by atoms with van der Waals surface area (Å²) in [4.78, 5) is 24.0. The van der Waals surface area contributed by atoms with Gasteiger partial charge in [0, 0.05) is 13.6 Å². The molecule has 1 rings (SSSR count). The zero-order valence-corrected chi connectivity index (χ0v) is 12.1. The van der Waals surface area contributed by atoms with Crippen LogP contribution in [0.2, 0.25) is 0 Å². The molecule has 0 heterocycles. The molecule has 0 aliphatic heterocycles. The van der Waals surface area contributed by atoms with Gasteiger partial charge in [-0.25, -0.2) is 0 Å². The highest BCUT2D eigenvalue weighted by Gasteiger charge is 2.24. The molecule has 3 atom stereocenters. The average molecular weight is 271 g/mol. The number of carbonyl (C=O) groups excluding carboxylic acids is 1. The van der Waals surface area contributed by atoms with Crippen molar-refractivity contribution in [3.05, 3.63) is 0 Å². The van der Waals surface area contributed by atoms with Crippen LogP contribution in [0.1, 0.15) is 39.5 Å². The quantitative estimate of drug-likeness (QED) is 0.799. The molecule has 110 valence electrons. The monoisotopic (exact) mass is 271 g/mol. The number of amides is 1. The van der Waals surface area contributed by atoms with Crippen molar-refractivity contribution in [2.75, 3.05) is 20.2 Å². The molecule has 1 saturated carbocycles. The summed E-state index contributed by atoms with van der Waals surface area (Å²) in [5.41, 5.74) is 0. The fourth-order valence-electron chi connectivity index (χ4n) is 2.41. The van der Waals surface area contributed by atoms with Crippen molar-refractivity contribution in [1.29, 1.82) is 0 Å². The van der Waals surface area contributed by atoms with Crippen molar-refractivity contribution in [3.63, 3.8) is 0 Å². The van der Waals surface area contributed by atoms with Crippen LogP contribution in [0.5, 0.6) is 0 Å². The van der Waals surface area contributed by atoms with E-state index >= 15 is 0 Å². The Kier molecular flexibility index (Phi) is 6.28. The summed E-state index contributed by atoms with van der Waals surface area (Å²) < 4.78 is 5.68. The third-order valence-corrected chi connectivity index (χ3v) is 3.85. The molecule has 1 aliphatic rings. The van der Waals surface area contributed by atoms with Crippen LogP contribution in [-0.2, 0) is 14.3 Å². The third-order valence-electron chi connectivity index (χ3n) is 3.85. The van der Waals surface area contributed by atoms with Crippen LogP contribution in [0, 0.1) is 11.8 Å². The van der Waals surface area contributed by atoms with Crippen molar-refractivity contribution in [2.45, 2.75) is 45.6 Å². The molecule has 1 amide bonds. The second-order valence-electron chi connectivity index (χ2n) is 5.62. The number of carboxylic acids is 1. The lowest BCUT2D eigenvalue weighted by atomic mass is 9.88. The summed E-state index contributed by atoms with van der Waals surface area (Å²) in [6, 6.07) is 0. The van der Waals surface area contributed by atoms with Crippen LogP contribution in [0.25, 0.3) is 0 Å². The van der Waals surface area contributed by atoms with Gasteiger partial charge in [-0.1, -0.05) is 26.7 Å². The molecule has 3 unspecified atom stereocenters. The smallest absolute Gasteiger partial charge is 0.308 e. The topological polar surface area (TPSA) is 66.8 Å². The van der Waals surface area contributed by atoms with Crippen LogP contribution in [0.15, 0.2) is 0 Å². The molecule has 1 N–H and O–H groups in total. The number of nitrogens with zero attached hydrogens (tertiary/aromatic N) is 1.